The minimum absolute atomic E-state index is 0.129. The zero-order valence-corrected chi connectivity index (χ0v) is 16.9. The number of nitrogens with one attached hydrogen (secondary N) is 2. The molecule has 6 nitrogen and oxygen atoms in total. The first-order valence-corrected chi connectivity index (χ1v) is 10.2. The van der Waals surface area contributed by atoms with E-state index < -0.39 is 5.97 Å². The van der Waals surface area contributed by atoms with E-state index >= 15 is 0 Å². The summed E-state index contributed by atoms with van der Waals surface area (Å²) in [6.07, 6.45) is 4.49. The number of rotatable bonds is 6. The van der Waals surface area contributed by atoms with Crippen molar-refractivity contribution in [2.45, 2.75) is 32.6 Å². The van der Waals surface area contributed by atoms with Gasteiger partial charge in [-0.2, -0.15) is 0 Å². The number of fused-ring (bicyclic) bond motifs is 1. The van der Waals surface area contributed by atoms with Crippen LogP contribution in [0, 0.1) is 5.92 Å². The van der Waals surface area contributed by atoms with Crippen molar-refractivity contribution in [3.8, 4) is 0 Å². The molecule has 0 aliphatic heterocycles. The third-order valence-electron chi connectivity index (χ3n) is 5.01. The molecule has 1 atom stereocenters. The predicted octanol–water partition coefficient (Wildman–Crippen LogP) is 3.42. The van der Waals surface area contributed by atoms with Gasteiger partial charge in [0, 0.05) is 16.1 Å². The summed E-state index contributed by atoms with van der Waals surface area (Å²) in [6.45, 7) is 2.03. The number of amides is 2. The van der Waals surface area contributed by atoms with E-state index in [2.05, 4.69) is 22.3 Å². The molecule has 7 heteroatoms. The van der Waals surface area contributed by atoms with Crippen LogP contribution in [0.2, 0.25) is 0 Å². The largest absolute Gasteiger partial charge is 0.468 e. The molecule has 1 aromatic heterocycles. The number of carbonyl (C=O) groups excluding carboxylic acids is 3. The molecule has 1 heterocycles. The Balaban J connectivity index is 1.60. The summed E-state index contributed by atoms with van der Waals surface area (Å²) in [6, 6.07) is 8.57. The molecule has 28 heavy (non-hydrogen) atoms. The predicted molar refractivity (Wildman–Crippen MR) is 109 cm³/mol. The maximum atomic E-state index is 12.6. The van der Waals surface area contributed by atoms with E-state index in [1.165, 1.54) is 30.4 Å². The van der Waals surface area contributed by atoms with Crippen molar-refractivity contribution < 1.29 is 19.1 Å². The Morgan fingerprint density at radius 3 is 2.61 bits per heavy atom. The van der Waals surface area contributed by atoms with Crippen molar-refractivity contribution in [3.05, 3.63) is 51.2 Å². The Bertz CT molecular complexity index is 873. The first-order chi connectivity index (χ1) is 13.5. The van der Waals surface area contributed by atoms with Gasteiger partial charge >= 0.3 is 5.97 Å². The summed E-state index contributed by atoms with van der Waals surface area (Å²) in [5, 5.41) is 5.36. The third-order valence-corrected chi connectivity index (χ3v) is 6.25. The van der Waals surface area contributed by atoms with Gasteiger partial charge < -0.3 is 15.4 Å². The van der Waals surface area contributed by atoms with Crippen LogP contribution in [0.4, 0.5) is 5.69 Å². The Morgan fingerprint density at radius 2 is 1.93 bits per heavy atom. The van der Waals surface area contributed by atoms with Crippen molar-refractivity contribution in [2.24, 2.45) is 5.92 Å². The van der Waals surface area contributed by atoms with E-state index in [9.17, 15) is 14.4 Å². The van der Waals surface area contributed by atoms with Gasteiger partial charge in [-0.25, -0.2) is 0 Å². The van der Waals surface area contributed by atoms with Gasteiger partial charge in [-0.15, -0.1) is 11.3 Å². The molecule has 1 aliphatic carbocycles. The van der Waals surface area contributed by atoms with Gasteiger partial charge in [0.2, 0.25) is 0 Å². The van der Waals surface area contributed by atoms with Crippen molar-refractivity contribution in [1.29, 1.82) is 0 Å². The molecule has 148 valence electrons. The van der Waals surface area contributed by atoms with Crippen LogP contribution in [0.15, 0.2) is 30.3 Å². The number of thiophene rings is 1. The highest BCUT2D eigenvalue weighted by Crippen LogP contribution is 2.33. The molecule has 0 spiro atoms. The van der Waals surface area contributed by atoms with Crippen molar-refractivity contribution in [2.75, 3.05) is 19.0 Å². The van der Waals surface area contributed by atoms with Crippen LogP contribution in [0.3, 0.4) is 0 Å². The normalized spacial score (nSPS) is 15.4. The van der Waals surface area contributed by atoms with Crippen LogP contribution in [-0.2, 0) is 22.4 Å². The zero-order valence-electron chi connectivity index (χ0n) is 16.0. The Kier molecular flexibility index (Phi) is 6.46. The molecule has 2 amide bonds. The molecule has 2 N–H and O–H groups in total. The van der Waals surface area contributed by atoms with E-state index in [0.29, 0.717) is 11.3 Å². The first-order valence-electron chi connectivity index (χ1n) is 9.38. The maximum absolute atomic E-state index is 12.6. The summed E-state index contributed by atoms with van der Waals surface area (Å²) < 4.78 is 4.48. The second kappa shape index (κ2) is 9.01. The Morgan fingerprint density at radius 1 is 1.18 bits per heavy atom. The molecule has 0 bridgehead atoms. The third kappa shape index (κ3) is 4.78. The second-order valence-corrected chi connectivity index (χ2v) is 8.00. The van der Waals surface area contributed by atoms with Crippen LogP contribution in [0.25, 0.3) is 0 Å². The van der Waals surface area contributed by atoms with Crippen LogP contribution in [-0.4, -0.2) is 31.4 Å². The van der Waals surface area contributed by atoms with Crippen molar-refractivity contribution in [1.82, 2.24) is 5.32 Å². The molecule has 3 rings (SSSR count). The standard InChI is InChI=1S/C21H24N2O4S/c1-3-13-4-9-17-15(10-13)11-18(28-17)21(26)23-16-7-5-14(6-8-16)20(25)22-12-19(24)27-2/h5-8,11,13H,3-4,9-10,12H2,1-2H3,(H,22,25)(H,23,26). The lowest BCUT2D eigenvalue weighted by Crippen LogP contribution is -2.30. The van der Waals surface area contributed by atoms with Gasteiger partial charge in [0.15, 0.2) is 0 Å². The summed E-state index contributed by atoms with van der Waals surface area (Å²) in [7, 11) is 1.26. The van der Waals surface area contributed by atoms with Crippen LogP contribution in [0.1, 0.15) is 50.2 Å². The van der Waals surface area contributed by atoms with Crippen LogP contribution >= 0.6 is 11.3 Å². The fourth-order valence-electron chi connectivity index (χ4n) is 3.28. The van der Waals surface area contributed by atoms with E-state index in [4.69, 9.17) is 0 Å². The van der Waals surface area contributed by atoms with Gasteiger partial charge in [-0.1, -0.05) is 13.3 Å². The van der Waals surface area contributed by atoms with E-state index in [1.54, 1.807) is 35.6 Å². The number of anilines is 1. The van der Waals surface area contributed by atoms with Gasteiger partial charge in [0.1, 0.15) is 6.54 Å². The van der Waals surface area contributed by atoms with Crippen LogP contribution < -0.4 is 10.6 Å². The summed E-state index contributed by atoms with van der Waals surface area (Å²) in [5.74, 6) is -0.299. The lowest BCUT2D eigenvalue weighted by Gasteiger charge is -2.19. The summed E-state index contributed by atoms with van der Waals surface area (Å²) in [5.41, 5.74) is 2.33. The zero-order chi connectivity index (χ0) is 20.1. The van der Waals surface area contributed by atoms with Gasteiger partial charge in [0.25, 0.3) is 11.8 Å². The molecule has 1 aromatic carbocycles. The van der Waals surface area contributed by atoms with E-state index in [-0.39, 0.29) is 18.4 Å². The maximum Gasteiger partial charge on any atom is 0.325 e. The highest BCUT2D eigenvalue weighted by Gasteiger charge is 2.22. The quantitative estimate of drug-likeness (QED) is 0.728. The smallest absolute Gasteiger partial charge is 0.325 e. The Hall–Kier alpha value is -2.67. The van der Waals surface area contributed by atoms with Crippen molar-refractivity contribution >= 4 is 34.8 Å². The second-order valence-electron chi connectivity index (χ2n) is 6.87. The summed E-state index contributed by atoms with van der Waals surface area (Å²) in [4.78, 5) is 37.7. The van der Waals surface area contributed by atoms with E-state index in [0.717, 1.165) is 23.6 Å². The topological polar surface area (TPSA) is 84.5 Å². The number of ether oxygens (including phenoxy) is 1. The molecular formula is C21H24N2O4S. The first kappa shape index (κ1) is 20.1. The Labute approximate surface area is 168 Å². The average molecular weight is 401 g/mol. The molecule has 0 fully saturated rings. The molecule has 0 radical (unpaired) electrons. The van der Waals surface area contributed by atoms with Gasteiger partial charge in [0.05, 0.1) is 12.0 Å². The molecule has 0 saturated heterocycles. The molecular weight excluding hydrogens is 376 g/mol. The number of aryl methyl sites for hydroxylation is 1. The number of hydrogen-bond donors (Lipinski definition) is 2. The number of esters is 1. The van der Waals surface area contributed by atoms with E-state index in [1.807, 2.05) is 6.07 Å². The lowest BCUT2D eigenvalue weighted by molar-refractivity contribution is -0.139. The van der Waals surface area contributed by atoms with Gasteiger partial charge in [-0.3, -0.25) is 14.4 Å². The number of carbonyl (C=O) groups is 3. The summed E-state index contributed by atoms with van der Waals surface area (Å²) >= 11 is 1.57. The molecule has 1 unspecified atom stereocenters. The monoisotopic (exact) mass is 400 g/mol. The number of benzene rings is 1. The SMILES string of the molecule is CCC1CCc2sc(C(=O)Nc3ccc(C(=O)NCC(=O)OC)cc3)cc2C1. The average Bonchev–Trinajstić information content (AvgIpc) is 3.15. The minimum Gasteiger partial charge on any atom is -0.468 e. The minimum atomic E-state index is -0.513. The number of methoxy groups -OCH3 is 1. The fourth-order valence-corrected chi connectivity index (χ4v) is 4.39. The fraction of sp³-hybridized carbons (Fsp3) is 0.381. The van der Waals surface area contributed by atoms with Gasteiger partial charge in [-0.05, 0) is 61.1 Å². The van der Waals surface area contributed by atoms with Crippen molar-refractivity contribution in [3.63, 3.8) is 0 Å². The van der Waals surface area contributed by atoms with Crippen LogP contribution in [0.5, 0.6) is 0 Å². The lowest BCUT2D eigenvalue weighted by atomic mass is 9.87. The molecule has 2 aromatic rings. The highest BCUT2D eigenvalue weighted by molar-refractivity contribution is 7.14. The molecule has 1 aliphatic rings. The molecule has 0 saturated carbocycles. The number of hydrogen-bond acceptors (Lipinski definition) is 5. The highest BCUT2D eigenvalue weighted by atomic mass is 32.1.